The lowest BCUT2D eigenvalue weighted by Crippen LogP contribution is -2.53. The largest absolute Gasteiger partial charge is 0.444 e. The SMILES string of the molecule is CC(C)(C)OC(=O)N=C(NC(=O)OC(C)(C)C)N(CCCCCCCN(C(=O)OC(C)(C)C)C(=NC(=O)OC(C)(C)C)N(CCCC#Cc1nc(C(=N)NC(=O)OC(C)(C)C)cs1)C(=O)OC(C)(C)C)C(=O)OC(C)(C)C. The van der Waals surface area contributed by atoms with Gasteiger partial charge in [-0.05, 0) is 171 Å². The number of guanidine groups is 2. The molecule has 0 saturated carbocycles. The number of carbonyl (C=O) groups is 7. The van der Waals surface area contributed by atoms with Crippen LogP contribution in [0.2, 0.25) is 0 Å². The summed E-state index contributed by atoms with van der Waals surface area (Å²) in [5, 5.41) is 14.9. The molecule has 23 nitrogen and oxygen atoms in total. The van der Waals surface area contributed by atoms with Gasteiger partial charge < -0.3 is 33.2 Å². The van der Waals surface area contributed by atoms with E-state index < -0.39 is 93.8 Å². The van der Waals surface area contributed by atoms with Gasteiger partial charge in [-0.15, -0.1) is 21.3 Å². The van der Waals surface area contributed by atoms with E-state index in [1.54, 1.807) is 151 Å². The van der Waals surface area contributed by atoms with Crippen molar-refractivity contribution in [2.45, 2.75) is 230 Å². The second-order valence-corrected chi connectivity index (χ2v) is 25.4. The van der Waals surface area contributed by atoms with E-state index in [1.165, 1.54) is 0 Å². The van der Waals surface area contributed by atoms with Crippen LogP contribution in [0.3, 0.4) is 0 Å². The van der Waals surface area contributed by atoms with Crippen molar-refractivity contribution >= 4 is 71.7 Å². The van der Waals surface area contributed by atoms with Crippen molar-refractivity contribution in [2.75, 3.05) is 19.6 Å². The van der Waals surface area contributed by atoms with Crippen LogP contribution in [-0.4, -0.2) is 139 Å². The molecule has 7 amide bonds. The van der Waals surface area contributed by atoms with E-state index in [9.17, 15) is 33.6 Å². The number of unbranched alkanes of at least 4 members (excludes halogenated alkanes) is 5. The van der Waals surface area contributed by atoms with Crippen molar-refractivity contribution in [3.8, 4) is 11.8 Å². The number of nitrogens with one attached hydrogen (secondary N) is 3. The fraction of sp³-hybridized carbons (Fsp3) is 0.717. The predicted molar refractivity (Wildman–Crippen MR) is 293 cm³/mol. The number of hydrogen-bond acceptors (Lipinski definition) is 17. The van der Waals surface area contributed by atoms with Crippen LogP contribution in [0, 0.1) is 17.3 Å². The predicted octanol–water partition coefficient (Wildman–Crippen LogP) is 11.9. The topological polar surface area (TPSA) is 279 Å². The van der Waals surface area contributed by atoms with Gasteiger partial charge in [0, 0.05) is 31.4 Å². The summed E-state index contributed by atoms with van der Waals surface area (Å²) < 4.78 is 38.8. The molecule has 1 rings (SSSR count). The van der Waals surface area contributed by atoms with Gasteiger partial charge in [-0.2, -0.15) is 0 Å². The Kier molecular flexibility index (Phi) is 25.6. The Morgan fingerprint density at radius 2 is 0.870 bits per heavy atom. The van der Waals surface area contributed by atoms with E-state index in [0.29, 0.717) is 37.1 Å². The zero-order valence-corrected chi connectivity index (χ0v) is 50.3. The zero-order valence-electron chi connectivity index (χ0n) is 49.5. The molecule has 0 saturated heterocycles. The monoisotopic (exact) mass is 1110 g/mol. The highest BCUT2D eigenvalue weighted by Crippen LogP contribution is 2.21. The molecule has 434 valence electrons. The molecule has 0 unspecified atom stereocenters. The van der Waals surface area contributed by atoms with Gasteiger partial charge in [0.1, 0.15) is 44.9 Å². The van der Waals surface area contributed by atoms with E-state index in [4.69, 9.17) is 38.6 Å². The fourth-order valence-corrected chi connectivity index (χ4v) is 6.46. The van der Waals surface area contributed by atoms with Crippen molar-refractivity contribution in [1.29, 1.82) is 5.41 Å². The molecular weight excluding hydrogens is 1020 g/mol. The first-order valence-electron chi connectivity index (χ1n) is 25.5. The normalized spacial score (nSPS) is 12.7. The van der Waals surface area contributed by atoms with Crippen LogP contribution in [0.25, 0.3) is 0 Å². The minimum atomic E-state index is -1.09. The van der Waals surface area contributed by atoms with Crippen LogP contribution in [0.1, 0.15) is 201 Å². The Bertz CT molecular complexity index is 2340. The maximum Gasteiger partial charge on any atom is 0.437 e. The quantitative estimate of drug-likeness (QED) is 0.0577. The molecule has 0 aliphatic rings. The van der Waals surface area contributed by atoms with E-state index in [-0.39, 0.29) is 44.0 Å². The molecule has 0 fully saturated rings. The molecule has 1 heterocycles. The third kappa shape index (κ3) is 32.0. The van der Waals surface area contributed by atoms with Crippen LogP contribution in [0.15, 0.2) is 15.4 Å². The molecule has 0 radical (unpaired) electrons. The maximum atomic E-state index is 14.2. The number of hydrogen-bond donors (Lipinski definition) is 3. The van der Waals surface area contributed by atoms with Crippen LogP contribution in [0.5, 0.6) is 0 Å². The van der Waals surface area contributed by atoms with E-state index in [1.807, 2.05) is 0 Å². The number of aliphatic imine (C=N–C) groups is 2. The summed E-state index contributed by atoms with van der Waals surface area (Å²) in [4.78, 5) is 110. The number of alkyl carbamates (subject to hydrolysis) is 2. The lowest BCUT2D eigenvalue weighted by atomic mass is 10.1. The summed E-state index contributed by atoms with van der Waals surface area (Å²) in [5.41, 5.74) is -6.49. The number of nitrogens with zero attached hydrogens (tertiary/aromatic N) is 6. The number of aromatic nitrogens is 1. The molecule has 0 bridgehead atoms. The van der Waals surface area contributed by atoms with Gasteiger partial charge in [0.25, 0.3) is 0 Å². The highest BCUT2D eigenvalue weighted by molar-refractivity contribution is 7.10. The van der Waals surface area contributed by atoms with Crippen LogP contribution < -0.4 is 10.6 Å². The second kappa shape index (κ2) is 28.7. The van der Waals surface area contributed by atoms with Crippen molar-refractivity contribution < 1.29 is 66.7 Å². The number of ether oxygens (including phenoxy) is 7. The summed E-state index contributed by atoms with van der Waals surface area (Å²) in [6.45, 7) is 34.5. The van der Waals surface area contributed by atoms with Crippen LogP contribution in [0.4, 0.5) is 33.6 Å². The van der Waals surface area contributed by atoms with Gasteiger partial charge in [0.15, 0.2) is 10.8 Å². The molecule has 0 aromatic carbocycles. The van der Waals surface area contributed by atoms with Crippen LogP contribution >= 0.6 is 11.3 Å². The Balaban J connectivity index is 3.60. The third-order valence-corrected chi connectivity index (χ3v) is 9.15. The smallest absolute Gasteiger partial charge is 0.437 e. The molecule has 0 atom stereocenters. The van der Waals surface area contributed by atoms with Crippen molar-refractivity contribution in [1.82, 2.24) is 30.3 Å². The molecule has 1 aromatic heterocycles. The van der Waals surface area contributed by atoms with Gasteiger partial charge in [-0.1, -0.05) is 25.2 Å². The number of rotatable bonds is 12. The molecule has 1 aromatic rings. The average Bonchev–Trinajstić information content (AvgIpc) is 3.65. The summed E-state index contributed by atoms with van der Waals surface area (Å²) in [6, 6.07) is 0. The zero-order chi connectivity index (χ0) is 59.5. The van der Waals surface area contributed by atoms with E-state index in [2.05, 4.69) is 37.4 Å². The Labute approximate surface area is 459 Å². The molecule has 0 aliphatic carbocycles. The van der Waals surface area contributed by atoms with Gasteiger partial charge in [-0.25, -0.2) is 53.2 Å². The highest BCUT2D eigenvalue weighted by atomic mass is 32.1. The summed E-state index contributed by atoms with van der Waals surface area (Å²) in [6.07, 6.45) is -4.22. The molecule has 24 heteroatoms. The first-order valence-corrected chi connectivity index (χ1v) is 26.4. The summed E-state index contributed by atoms with van der Waals surface area (Å²) in [5.74, 6) is 4.80. The minimum Gasteiger partial charge on any atom is -0.444 e. The number of thiazole rings is 1. The van der Waals surface area contributed by atoms with Crippen molar-refractivity contribution in [2.24, 2.45) is 9.98 Å². The first kappa shape index (κ1) is 68.5. The standard InChI is InChI=1S/C53H87N9O14S/c1-47(2,3)70-40(63)56-37(54)35-34-77-36(55-35)30-26-25-29-33-62(46(69)76-53(19,20)21)39(59-43(66)73-50(10,11)12)61(45(68)75-52(16,17)18)32-28-24-22-23-27-31-60(44(67)74-51(13,14)15)38(57-41(64)71-48(4,5)6)58-42(65)72-49(7,8)9/h34H,22-25,27-29,31-33H2,1-21H3,(H2,54,56,63)(H,57,58,64,65). The van der Waals surface area contributed by atoms with Gasteiger partial charge in [0.05, 0.1) is 0 Å². The first-order chi connectivity index (χ1) is 34.8. The summed E-state index contributed by atoms with van der Waals surface area (Å²) >= 11 is 1.16. The molecule has 77 heavy (non-hydrogen) atoms. The molecular formula is C53H87N9O14S. The Morgan fingerprint density at radius 1 is 0.506 bits per heavy atom. The average molecular weight is 1110 g/mol. The fourth-order valence-electron chi connectivity index (χ4n) is 5.78. The number of amides is 7. The van der Waals surface area contributed by atoms with Crippen LogP contribution in [-0.2, 0) is 33.2 Å². The van der Waals surface area contributed by atoms with Gasteiger partial charge in [-0.3, -0.25) is 16.0 Å². The minimum absolute atomic E-state index is 0.0682. The maximum absolute atomic E-state index is 14.2. The van der Waals surface area contributed by atoms with Crippen molar-refractivity contribution in [3.63, 3.8) is 0 Å². The second-order valence-electron chi connectivity index (χ2n) is 24.5. The van der Waals surface area contributed by atoms with E-state index >= 15 is 0 Å². The number of carbonyl (C=O) groups excluding carboxylic acids is 7. The summed E-state index contributed by atoms with van der Waals surface area (Å²) in [7, 11) is 0. The molecule has 0 aliphatic heterocycles. The number of amidine groups is 1. The van der Waals surface area contributed by atoms with E-state index in [0.717, 1.165) is 26.0 Å². The lowest BCUT2D eigenvalue weighted by Gasteiger charge is -2.34. The molecule has 3 N–H and O–H groups in total. The lowest BCUT2D eigenvalue weighted by molar-refractivity contribution is 0.0266. The van der Waals surface area contributed by atoms with Gasteiger partial charge in [0.2, 0.25) is 11.9 Å². The Morgan fingerprint density at radius 3 is 1.30 bits per heavy atom. The van der Waals surface area contributed by atoms with Crippen molar-refractivity contribution in [3.05, 3.63) is 16.1 Å². The highest BCUT2D eigenvalue weighted by Gasteiger charge is 2.36. The Hall–Kier alpha value is -6.51. The van der Waals surface area contributed by atoms with Gasteiger partial charge >= 0.3 is 42.7 Å². The molecule has 0 spiro atoms. The third-order valence-electron chi connectivity index (χ3n) is 8.40.